The van der Waals surface area contributed by atoms with Gasteiger partial charge in [0, 0.05) is 16.2 Å². The van der Waals surface area contributed by atoms with Gasteiger partial charge in [0.15, 0.2) is 0 Å². The number of nitrogens with one attached hydrogen (secondary N) is 1. The fourth-order valence-electron chi connectivity index (χ4n) is 1.66. The first-order chi connectivity index (χ1) is 8.84. The zero-order valence-electron chi connectivity index (χ0n) is 9.31. The van der Waals surface area contributed by atoms with Crippen molar-refractivity contribution >= 4 is 27.0 Å². The summed E-state index contributed by atoms with van der Waals surface area (Å²) in [6, 6.07) is 9.78. The number of rotatable bonds is 0. The average Bonchev–Trinajstić information content (AvgIpc) is 2.86. The van der Waals surface area contributed by atoms with Crippen LogP contribution in [0.3, 0.4) is 0 Å². The highest BCUT2D eigenvalue weighted by atomic mass is 79.9. The lowest BCUT2D eigenvalue weighted by Crippen LogP contribution is -1.86. The molecule has 3 aromatic rings. The Kier molecular flexibility index (Phi) is 2.83. The van der Waals surface area contributed by atoms with E-state index in [9.17, 15) is 0 Å². The summed E-state index contributed by atoms with van der Waals surface area (Å²) in [5.74, 6) is 6.19. The summed E-state index contributed by atoms with van der Waals surface area (Å²) >= 11 is 3.47. The van der Waals surface area contributed by atoms with Gasteiger partial charge in [-0.15, -0.1) is 0 Å². The highest BCUT2D eigenvalue weighted by Gasteiger charge is 2.01. The normalized spacial score (nSPS) is 10.1. The van der Waals surface area contributed by atoms with Crippen molar-refractivity contribution in [2.24, 2.45) is 0 Å². The van der Waals surface area contributed by atoms with Crippen LogP contribution in [0.25, 0.3) is 11.0 Å². The van der Waals surface area contributed by atoms with E-state index in [0.717, 1.165) is 26.8 Å². The Labute approximate surface area is 112 Å². The number of halogens is 1. The fourth-order valence-corrected chi connectivity index (χ4v) is 2.05. The molecule has 86 valence electrons. The average molecular weight is 298 g/mol. The molecule has 3 nitrogen and oxygen atoms in total. The molecule has 3 rings (SSSR count). The van der Waals surface area contributed by atoms with Crippen LogP contribution in [-0.4, -0.2) is 15.0 Å². The van der Waals surface area contributed by atoms with E-state index in [1.807, 2.05) is 36.5 Å². The number of aromatic amines is 1. The first-order valence-corrected chi connectivity index (χ1v) is 6.18. The molecule has 0 aliphatic rings. The van der Waals surface area contributed by atoms with Crippen molar-refractivity contribution in [2.45, 2.75) is 0 Å². The van der Waals surface area contributed by atoms with Crippen molar-refractivity contribution in [1.82, 2.24) is 15.0 Å². The zero-order chi connectivity index (χ0) is 12.4. The van der Waals surface area contributed by atoms with Crippen molar-refractivity contribution in [3.05, 3.63) is 58.6 Å². The highest BCUT2D eigenvalue weighted by molar-refractivity contribution is 9.10. The van der Waals surface area contributed by atoms with Gasteiger partial charge in [0.05, 0.1) is 5.39 Å². The summed E-state index contributed by atoms with van der Waals surface area (Å²) in [5.41, 5.74) is 2.48. The molecule has 0 aliphatic heterocycles. The molecular formula is C14H8BrN3. The van der Waals surface area contributed by atoms with Crippen molar-refractivity contribution < 1.29 is 0 Å². The van der Waals surface area contributed by atoms with E-state index in [0.29, 0.717) is 0 Å². The monoisotopic (exact) mass is 297 g/mol. The molecule has 2 aromatic heterocycles. The van der Waals surface area contributed by atoms with E-state index >= 15 is 0 Å². The van der Waals surface area contributed by atoms with Crippen LogP contribution in [0.2, 0.25) is 0 Å². The van der Waals surface area contributed by atoms with Gasteiger partial charge < -0.3 is 4.98 Å². The van der Waals surface area contributed by atoms with Crippen molar-refractivity contribution in [3.8, 4) is 11.8 Å². The zero-order valence-corrected chi connectivity index (χ0v) is 10.9. The summed E-state index contributed by atoms with van der Waals surface area (Å²) < 4.78 is 0.983. The Morgan fingerprint density at radius 3 is 2.83 bits per heavy atom. The number of hydrogen-bond donors (Lipinski definition) is 1. The van der Waals surface area contributed by atoms with E-state index in [2.05, 4.69) is 42.7 Å². The maximum atomic E-state index is 4.20. The molecule has 0 spiro atoms. The summed E-state index contributed by atoms with van der Waals surface area (Å²) in [7, 11) is 0. The lowest BCUT2D eigenvalue weighted by atomic mass is 10.2. The van der Waals surface area contributed by atoms with E-state index in [1.54, 1.807) is 0 Å². The number of hydrogen-bond acceptors (Lipinski definition) is 2. The van der Waals surface area contributed by atoms with Crippen molar-refractivity contribution in [2.75, 3.05) is 0 Å². The molecular weight excluding hydrogens is 290 g/mol. The number of benzene rings is 1. The first-order valence-electron chi connectivity index (χ1n) is 5.39. The molecule has 0 fully saturated rings. The molecule has 4 heteroatoms. The molecule has 0 atom stereocenters. The molecule has 0 amide bonds. The standard InChI is InChI=1S/C14H8BrN3/c15-12-4-2-1-3-10(12)5-6-13-11-7-8-16-14(11)18-9-17-13/h1-4,7-9H,(H,16,17,18). The predicted molar refractivity (Wildman–Crippen MR) is 74.0 cm³/mol. The molecule has 1 aromatic carbocycles. The van der Waals surface area contributed by atoms with Crippen LogP contribution in [0.5, 0.6) is 0 Å². The highest BCUT2D eigenvalue weighted by Crippen LogP contribution is 2.15. The minimum Gasteiger partial charge on any atom is -0.346 e. The summed E-state index contributed by atoms with van der Waals surface area (Å²) in [6.07, 6.45) is 3.35. The number of nitrogens with zero attached hydrogens (tertiary/aromatic N) is 2. The lowest BCUT2D eigenvalue weighted by Gasteiger charge is -1.94. The van der Waals surface area contributed by atoms with Gasteiger partial charge in [0.2, 0.25) is 0 Å². The van der Waals surface area contributed by atoms with E-state index in [-0.39, 0.29) is 0 Å². The second kappa shape index (κ2) is 4.63. The van der Waals surface area contributed by atoms with Gasteiger partial charge in [-0.25, -0.2) is 9.97 Å². The second-order valence-corrected chi connectivity index (χ2v) is 4.55. The molecule has 0 aliphatic carbocycles. The predicted octanol–water partition coefficient (Wildman–Crippen LogP) is 3.12. The molecule has 0 bridgehead atoms. The van der Waals surface area contributed by atoms with Crippen LogP contribution < -0.4 is 0 Å². The van der Waals surface area contributed by atoms with Crippen molar-refractivity contribution in [1.29, 1.82) is 0 Å². The number of fused-ring (bicyclic) bond motifs is 1. The Hall–Kier alpha value is -2.12. The third-order valence-electron chi connectivity index (χ3n) is 2.54. The second-order valence-electron chi connectivity index (χ2n) is 3.69. The number of H-pyrrole nitrogens is 1. The maximum absolute atomic E-state index is 4.20. The summed E-state index contributed by atoms with van der Waals surface area (Å²) in [4.78, 5) is 11.4. The van der Waals surface area contributed by atoms with Gasteiger partial charge in [0.1, 0.15) is 17.7 Å². The van der Waals surface area contributed by atoms with Gasteiger partial charge in [-0.3, -0.25) is 0 Å². The minimum atomic E-state index is 0.733. The third kappa shape index (κ3) is 2.01. The Morgan fingerprint density at radius 2 is 1.94 bits per heavy atom. The van der Waals surface area contributed by atoms with Gasteiger partial charge in [-0.1, -0.05) is 18.1 Å². The van der Waals surface area contributed by atoms with Crippen LogP contribution in [0, 0.1) is 11.8 Å². The summed E-state index contributed by atoms with van der Waals surface area (Å²) in [5, 5.41) is 0.942. The van der Waals surface area contributed by atoms with Gasteiger partial charge in [-0.05, 0) is 40.0 Å². The lowest BCUT2D eigenvalue weighted by molar-refractivity contribution is 1.18. The van der Waals surface area contributed by atoms with Crippen LogP contribution in [0.15, 0.2) is 47.3 Å². The fraction of sp³-hybridized carbons (Fsp3) is 0. The largest absolute Gasteiger partial charge is 0.346 e. The Balaban J connectivity index is 2.08. The van der Waals surface area contributed by atoms with Gasteiger partial charge in [0.25, 0.3) is 0 Å². The van der Waals surface area contributed by atoms with Gasteiger partial charge in [-0.2, -0.15) is 0 Å². The van der Waals surface area contributed by atoms with Crippen LogP contribution in [0.1, 0.15) is 11.3 Å². The molecule has 1 N–H and O–H groups in total. The van der Waals surface area contributed by atoms with Crippen LogP contribution in [0.4, 0.5) is 0 Å². The SMILES string of the molecule is Brc1ccccc1C#Cc1ncnc2[nH]ccc12. The summed E-state index contributed by atoms with van der Waals surface area (Å²) in [6.45, 7) is 0. The van der Waals surface area contributed by atoms with Crippen molar-refractivity contribution in [3.63, 3.8) is 0 Å². The van der Waals surface area contributed by atoms with Crippen LogP contribution >= 0.6 is 15.9 Å². The van der Waals surface area contributed by atoms with E-state index < -0.39 is 0 Å². The Morgan fingerprint density at radius 1 is 1.06 bits per heavy atom. The molecule has 0 unspecified atom stereocenters. The maximum Gasteiger partial charge on any atom is 0.141 e. The quantitative estimate of drug-likeness (QED) is 0.648. The molecule has 0 saturated heterocycles. The smallest absolute Gasteiger partial charge is 0.141 e. The van der Waals surface area contributed by atoms with E-state index in [4.69, 9.17) is 0 Å². The third-order valence-corrected chi connectivity index (χ3v) is 3.23. The van der Waals surface area contributed by atoms with Gasteiger partial charge >= 0.3 is 0 Å². The molecule has 18 heavy (non-hydrogen) atoms. The first kappa shape index (κ1) is 11.0. The molecule has 0 saturated carbocycles. The molecule has 0 radical (unpaired) electrons. The Bertz CT molecular complexity index is 765. The van der Waals surface area contributed by atoms with E-state index in [1.165, 1.54) is 6.33 Å². The molecule has 2 heterocycles. The minimum absolute atomic E-state index is 0.733. The number of aromatic nitrogens is 3. The van der Waals surface area contributed by atoms with Crippen LogP contribution in [-0.2, 0) is 0 Å². The topological polar surface area (TPSA) is 41.6 Å².